The molecule has 5 nitrogen and oxygen atoms in total. The van der Waals surface area contributed by atoms with Gasteiger partial charge >= 0.3 is 0 Å². The van der Waals surface area contributed by atoms with Gasteiger partial charge in [-0.05, 0) is 24.8 Å². The zero-order valence-corrected chi connectivity index (χ0v) is 10.6. The minimum Gasteiger partial charge on any atom is -0.350 e. The molecule has 0 saturated carbocycles. The Kier molecular flexibility index (Phi) is 5.15. The quantitative estimate of drug-likeness (QED) is 0.667. The largest absolute Gasteiger partial charge is 0.350 e. The molecule has 0 bridgehead atoms. The lowest BCUT2D eigenvalue weighted by atomic mass is 9.84. The number of nitrogens with one attached hydrogen (secondary N) is 2. The number of nitrogens with two attached hydrogens (primary N) is 1. The third-order valence-electron chi connectivity index (χ3n) is 2.88. The Morgan fingerprint density at radius 1 is 1.53 bits per heavy atom. The second-order valence-electron chi connectivity index (χ2n) is 5.06. The van der Waals surface area contributed by atoms with E-state index in [0.29, 0.717) is 19.5 Å². The minimum atomic E-state index is 0.0738. The Balaban J connectivity index is 2.21. The van der Waals surface area contributed by atoms with Crippen molar-refractivity contribution in [2.24, 2.45) is 11.1 Å². The van der Waals surface area contributed by atoms with Gasteiger partial charge in [0.1, 0.15) is 0 Å². The van der Waals surface area contributed by atoms with E-state index in [1.54, 1.807) is 12.5 Å². The van der Waals surface area contributed by atoms with Crippen LogP contribution in [0.4, 0.5) is 0 Å². The number of aromatic nitrogens is 2. The molecular formula is C12H22N4O. The van der Waals surface area contributed by atoms with E-state index in [0.717, 1.165) is 18.5 Å². The molecule has 0 saturated heterocycles. The minimum absolute atomic E-state index is 0.0738. The summed E-state index contributed by atoms with van der Waals surface area (Å²) in [4.78, 5) is 18.4. The van der Waals surface area contributed by atoms with Gasteiger partial charge < -0.3 is 16.0 Å². The molecule has 0 aliphatic rings. The number of rotatable bonds is 7. The number of carbonyl (C=O) groups is 1. The highest BCUT2D eigenvalue weighted by Gasteiger charge is 2.18. The van der Waals surface area contributed by atoms with Crippen LogP contribution >= 0.6 is 0 Å². The first-order valence-electron chi connectivity index (χ1n) is 5.97. The zero-order chi connectivity index (χ0) is 12.7. The summed E-state index contributed by atoms with van der Waals surface area (Å²) in [5.74, 6) is 0.0738. The van der Waals surface area contributed by atoms with Crippen LogP contribution in [0.15, 0.2) is 12.5 Å². The molecule has 96 valence electrons. The van der Waals surface area contributed by atoms with Crippen molar-refractivity contribution < 1.29 is 4.79 Å². The molecule has 4 N–H and O–H groups in total. The van der Waals surface area contributed by atoms with Gasteiger partial charge in [-0.1, -0.05) is 13.8 Å². The van der Waals surface area contributed by atoms with Crippen LogP contribution in [0.1, 0.15) is 38.8 Å². The van der Waals surface area contributed by atoms with E-state index in [1.807, 2.05) is 0 Å². The van der Waals surface area contributed by atoms with Crippen LogP contribution in [0, 0.1) is 5.41 Å². The van der Waals surface area contributed by atoms with Crippen molar-refractivity contribution in [2.75, 3.05) is 6.54 Å². The molecule has 0 atom stereocenters. The van der Waals surface area contributed by atoms with Crippen LogP contribution in [-0.2, 0) is 11.3 Å². The molecule has 1 heterocycles. The Hall–Kier alpha value is -1.36. The summed E-state index contributed by atoms with van der Waals surface area (Å²) in [6.45, 7) is 5.46. The fraction of sp³-hybridized carbons (Fsp3) is 0.667. The zero-order valence-electron chi connectivity index (χ0n) is 10.6. The lowest BCUT2D eigenvalue weighted by molar-refractivity contribution is -0.121. The Labute approximate surface area is 102 Å². The first-order chi connectivity index (χ1) is 8.03. The number of amides is 1. The van der Waals surface area contributed by atoms with Gasteiger partial charge in [-0.15, -0.1) is 0 Å². The highest BCUT2D eigenvalue weighted by Crippen LogP contribution is 2.25. The first-order valence-corrected chi connectivity index (χ1v) is 5.97. The molecule has 0 unspecified atom stereocenters. The average molecular weight is 238 g/mol. The SMILES string of the molecule is CC(C)(CCN)CCC(=O)NCc1cnc[nH]1. The lowest BCUT2D eigenvalue weighted by Gasteiger charge is -2.23. The van der Waals surface area contributed by atoms with Crippen LogP contribution in [-0.4, -0.2) is 22.4 Å². The van der Waals surface area contributed by atoms with Gasteiger partial charge in [-0.2, -0.15) is 0 Å². The summed E-state index contributed by atoms with van der Waals surface area (Å²) in [5, 5.41) is 2.86. The molecule has 0 aromatic carbocycles. The standard InChI is InChI=1S/C12H22N4O/c1-12(2,5-6-13)4-3-11(17)15-8-10-7-14-9-16-10/h7,9H,3-6,8,13H2,1-2H3,(H,14,16)(H,15,17). The molecule has 0 aliphatic heterocycles. The summed E-state index contributed by atoms with van der Waals surface area (Å²) < 4.78 is 0. The Morgan fingerprint density at radius 3 is 2.88 bits per heavy atom. The second kappa shape index (κ2) is 6.39. The summed E-state index contributed by atoms with van der Waals surface area (Å²) >= 11 is 0. The molecular weight excluding hydrogens is 216 g/mol. The predicted molar refractivity (Wildman–Crippen MR) is 67.1 cm³/mol. The lowest BCUT2D eigenvalue weighted by Crippen LogP contribution is -2.25. The molecule has 5 heteroatoms. The number of hydrogen-bond acceptors (Lipinski definition) is 3. The molecule has 0 spiro atoms. The molecule has 0 fully saturated rings. The monoisotopic (exact) mass is 238 g/mol. The van der Waals surface area contributed by atoms with Gasteiger partial charge in [0.05, 0.1) is 18.6 Å². The number of H-pyrrole nitrogens is 1. The normalized spacial score (nSPS) is 11.5. The maximum absolute atomic E-state index is 11.6. The summed E-state index contributed by atoms with van der Waals surface area (Å²) in [5.41, 5.74) is 6.59. The summed E-state index contributed by atoms with van der Waals surface area (Å²) in [6.07, 6.45) is 5.66. The molecule has 1 aromatic rings. The number of hydrogen-bond donors (Lipinski definition) is 3. The average Bonchev–Trinajstić information content (AvgIpc) is 2.76. The van der Waals surface area contributed by atoms with E-state index in [4.69, 9.17) is 5.73 Å². The van der Waals surface area contributed by atoms with Gasteiger partial charge in [-0.3, -0.25) is 4.79 Å². The van der Waals surface area contributed by atoms with E-state index in [9.17, 15) is 4.79 Å². The first kappa shape index (κ1) is 13.7. The molecule has 0 aliphatic carbocycles. The molecule has 1 aromatic heterocycles. The third kappa shape index (κ3) is 5.49. The molecule has 0 radical (unpaired) electrons. The van der Waals surface area contributed by atoms with Crippen molar-refractivity contribution in [3.05, 3.63) is 18.2 Å². The molecule has 1 amide bonds. The number of nitrogens with zero attached hydrogens (tertiary/aromatic N) is 1. The van der Waals surface area contributed by atoms with E-state index in [-0.39, 0.29) is 11.3 Å². The number of carbonyl (C=O) groups excluding carboxylic acids is 1. The number of aromatic amines is 1. The van der Waals surface area contributed by atoms with Crippen LogP contribution in [0.3, 0.4) is 0 Å². The Bertz CT molecular complexity index is 332. The fourth-order valence-electron chi connectivity index (χ4n) is 1.63. The highest BCUT2D eigenvalue weighted by atomic mass is 16.1. The smallest absolute Gasteiger partial charge is 0.220 e. The van der Waals surface area contributed by atoms with Crippen LogP contribution < -0.4 is 11.1 Å². The summed E-state index contributed by atoms with van der Waals surface area (Å²) in [6, 6.07) is 0. The van der Waals surface area contributed by atoms with E-state index in [2.05, 4.69) is 29.1 Å². The topological polar surface area (TPSA) is 83.8 Å². The van der Waals surface area contributed by atoms with Crippen molar-refractivity contribution in [2.45, 2.75) is 39.7 Å². The predicted octanol–water partition coefficient (Wildman–Crippen LogP) is 1.18. The van der Waals surface area contributed by atoms with E-state index < -0.39 is 0 Å². The molecule has 17 heavy (non-hydrogen) atoms. The van der Waals surface area contributed by atoms with E-state index in [1.165, 1.54) is 0 Å². The van der Waals surface area contributed by atoms with Gasteiger partial charge in [0.2, 0.25) is 5.91 Å². The van der Waals surface area contributed by atoms with Gasteiger partial charge in [0, 0.05) is 12.6 Å². The van der Waals surface area contributed by atoms with E-state index >= 15 is 0 Å². The van der Waals surface area contributed by atoms with Crippen molar-refractivity contribution in [1.82, 2.24) is 15.3 Å². The maximum Gasteiger partial charge on any atom is 0.220 e. The van der Waals surface area contributed by atoms with Crippen molar-refractivity contribution in [1.29, 1.82) is 0 Å². The third-order valence-corrected chi connectivity index (χ3v) is 2.88. The Morgan fingerprint density at radius 2 is 2.29 bits per heavy atom. The maximum atomic E-state index is 11.6. The van der Waals surface area contributed by atoms with Crippen molar-refractivity contribution in [3.8, 4) is 0 Å². The number of imidazole rings is 1. The fourth-order valence-corrected chi connectivity index (χ4v) is 1.63. The summed E-state index contributed by atoms with van der Waals surface area (Å²) in [7, 11) is 0. The van der Waals surface area contributed by atoms with Gasteiger partial charge in [0.15, 0.2) is 0 Å². The van der Waals surface area contributed by atoms with Crippen LogP contribution in [0.5, 0.6) is 0 Å². The molecule has 1 rings (SSSR count). The second-order valence-corrected chi connectivity index (χ2v) is 5.06. The van der Waals surface area contributed by atoms with Crippen molar-refractivity contribution >= 4 is 5.91 Å². The van der Waals surface area contributed by atoms with Gasteiger partial charge in [0.25, 0.3) is 0 Å². The van der Waals surface area contributed by atoms with Crippen LogP contribution in [0.2, 0.25) is 0 Å². The highest BCUT2D eigenvalue weighted by molar-refractivity contribution is 5.75. The van der Waals surface area contributed by atoms with Crippen molar-refractivity contribution in [3.63, 3.8) is 0 Å². The van der Waals surface area contributed by atoms with Gasteiger partial charge in [-0.25, -0.2) is 4.98 Å². The van der Waals surface area contributed by atoms with Crippen LogP contribution in [0.25, 0.3) is 0 Å².